The van der Waals surface area contributed by atoms with Crippen LogP contribution in [0.2, 0.25) is 0 Å². The molecular formula is C20H22F2N2O3S. The molecule has 1 heterocycles. The van der Waals surface area contributed by atoms with Crippen molar-refractivity contribution in [3.05, 3.63) is 65.2 Å². The number of carbonyl (C=O) groups excluding carboxylic acids is 1. The SMILES string of the molecule is Cc1cccc(CS(=O)(=O)N2CCC(C(=O)Nc3c(F)cccc3F)CC2)c1. The number of sulfonamides is 1. The van der Waals surface area contributed by atoms with Crippen molar-refractivity contribution in [1.29, 1.82) is 0 Å². The fourth-order valence-electron chi connectivity index (χ4n) is 3.34. The first kappa shape index (κ1) is 20.4. The van der Waals surface area contributed by atoms with E-state index < -0.39 is 39.2 Å². The standard InChI is InChI=1S/C20H22F2N2O3S/c1-14-4-2-5-15(12-14)13-28(26,27)24-10-8-16(9-11-24)20(25)23-19-17(21)6-3-7-18(19)22/h2-7,12,16H,8-11,13H2,1H3,(H,23,25). The summed E-state index contributed by atoms with van der Waals surface area (Å²) in [6.07, 6.45) is 0.601. The van der Waals surface area contributed by atoms with Gasteiger partial charge in [0, 0.05) is 19.0 Å². The molecule has 0 aliphatic carbocycles. The Hall–Kier alpha value is -2.32. The van der Waals surface area contributed by atoms with E-state index in [1.807, 2.05) is 25.1 Å². The number of carbonyl (C=O) groups is 1. The Kier molecular flexibility index (Phi) is 6.10. The van der Waals surface area contributed by atoms with Crippen LogP contribution in [-0.2, 0) is 20.6 Å². The maximum absolute atomic E-state index is 13.7. The average Bonchev–Trinajstić information content (AvgIpc) is 2.64. The molecule has 0 atom stereocenters. The maximum atomic E-state index is 13.7. The zero-order valence-electron chi connectivity index (χ0n) is 15.5. The summed E-state index contributed by atoms with van der Waals surface area (Å²) in [6.45, 7) is 2.30. The molecule has 28 heavy (non-hydrogen) atoms. The van der Waals surface area contributed by atoms with Gasteiger partial charge in [-0.15, -0.1) is 0 Å². The molecule has 0 bridgehead atoms. The molecule has 150 valence electrons. The number of nitrogens with one attached hydrogen (secondary N) is 1. The van der Waals surface area contributed by atoms with Crippen LogP contribution in [-0.4, -0.2) is 31.7 Å². The van der Waals surface area contributed by atoms with E-state index in [-0.39, 0.29) is 18.8 Å². The number of rotatable bonds is 5. The number of hydrogen-bond donors (Lipinski definition) is 1. The second kappa shape index (κ2) is 8.36. The average molecular weight is 408 g/mol. The third-order valence-electron chi connectivity index (χ3n) is 4.86. The first-order valence-corrected chi connectivity index (χ1v) is 10.7. The van der Waals surface area contributed by atoms with Crippen molar-refractivity contribution in [1.82, 2.24) is 4.31 Å². The Balaban J connectivity index is 1.60. The smallest absolute Gasteiger partial charge is 0.227 e. The summed E-state index contributed by atoms with van der Waals surface area (Å²) in [4.78, 5) is 12.3. The first-order chi connectivity index (χ1) is 13.3. The van der Waals surface area contributed by atoms with Gasteiger partial charge in [-0.2, -0.15) is 0 Å². The van der Waals surface area contributed by atoms with Crippen LogP contribution in [0.25, 0.3) is 0 Å². The van der Waals surface area contributed by atoms with Crippen molar-refractivity contribution in [2.45, 2.75) is 25.5 Å². The van der Waals surface area contributed by atoms with Gasteiger partial charge in [0.15, 0.2) is 0 Å². The molecule has 1 aliphatic heterocycles. The van der Waals surface area contributed by atoms with Crippen LogP contribution in [0.5, 0.6) is 0 Å². The highest BCUT2D eigenvalue weighted by Crippen LogP contribution is 2.25. The van der Waals surface area contributed by atoms with Crippen LogP contribution in [0.4, 0.5) is 14.5 Å². The van der Waals surface area contributed by atoms with Crippen molar-refractivity contribution >= 4 is 21.6 Å². The zero-order valence-corrected chi connectivity index (χ0v) is 16.3. The van der Waals surface area contributed by atoms with Gasteiger partial charge in [0.1, 0.15) is 17.3 Å². The van der Waals surface area contributed by atoms with Gasteiger partial charge in [-0.3, -0.25) is 4.79 Å². The quantitative estimate of drug-likeness (QED) is 0.824. The molecule has 5 nitrogen and oxygen atoms in total. The van der Waals surface area contributed by atoms with Gasteiger partial charge in [-0.05, 0) is 37.5 Å². The molecular weight excluding hydrogens is 386 g/mol. The number of aryl methyl sites for hydroxylation is 1. The lowest BCUT2D eigenvalue weighted by molar-refractivity contribution is -0.121. The molecule has 8 heteroatoms. The van der Waals surface area contributed by atoms with Gasteiger partial charge in [0.2, 0.25) is 15.9 Å². The second-order valence-electron chi connectivity index (χ2n) is 7.00. The van der Waals surface area contributed by atoms with Gasteiger partial charge in [0.25, 0.3) is 0 Å². The van der Waals surface area contributed by atoms with Crippen LogP contribution >= 0.6 is 0 Å². The Morgan fingerprint density at radius 1 is 1.11 bits per heavy atom. The molecule has 1 N–H and O–H groups in total. The van der Waals surface area contributed by atoms with E-state index in [0.717, 1.165) is 23.3 Å². The Morgan fingerprint density at radius 2 is 1.71 bits per heavy atom. The molecule has 0 spiro atoms. The lowest BCUT2D eigenvalue weighted by Crippen LogP contribution is -2.42. The maximum Gasteiger partial charge on any atom is 0.227 e. The normalized spacial score (nSPS) is 16.1. The summed E-state index contributed by atoms with van der Waals surface area (Å²) in [5.74, 6) is -2.77. The summed E-state index contributed by atoms with van der Waals surface area (Å²) in [6, 6.07) is 10.7. The summed E-state index contributed by atoms with van der Waals surface area (Å²) >= 11 is 0. The minimum absolute atomic E-state index is 0.0913. The second-order valence-corrected chi connectivity index (χ2v) is 8.97. The van der Waals surface area contributed by atoms with E-state index in [0.29, 0.717) is 12.8 Å². The molecule has 1 amide bonds. The number of nitrogens with zero attached hydrogens (tertiary/aromatic N) is 1. The van der Waals surface area contributed by atoms with Crippen molar-refractivity contribution in [2.75, 3.05) is 18.4 Å². The predicted molar refractivity (Wildman–Crippen MR) is 103 cm³/mol. The number of piperidine rings is 1. The Labute approximate surface area is 163 Å². The van der Waals surface area contributed by atoms with Crippen molar-refractivity contribution < 1.29 is 22.0 Å². The molecule has 1 saturated heterocycles. The third kappa shape index (κ3) is 4.74. The molecule has 3 rings (SSSR count). The van der Waals surface area contributed by atoms with Gasteiger partial charge in [-0.1, -0.05) is 35.9 Å². The summed E-state index contributed by atoms with van der Waals surface area (Å²) in [7, 11) is -3.49. The van der Waals surface area contributed by atoms with E-state index >= 15 is 0 Å². The van der Waals surface area contributed by atoms with Gasteiger partial charge < -0.3 is 5.32 Å². The molecule has 0 aromatic heterocycles. The number of halogens is 2. The van der Waals surface area contributed by atoms with E-state index in [1.54, 1.807) is 6.07 Å². The van der Waals surface area contributed by atoms with Crippen LogP contribution in [0, 0.1) is 24.5 Å². The van der Waals surface area contributed by atoms with Crippen LogP contribution in [0.3, 0.4) is 0 Å². The Bertz CT molecular complexity index is 951. The molecule has 1 fully saturated rings. The predicted octanol–water partition coefficient (Wildman–Crippen LogP) is 3.45. The monoisotopic (exact) mass is 408 g/mol. The zero-order chi connectivity index (χ0) is 20.3. The minimum atomic E-state index is -3.49. The van der Waals surface area contributed by atoms with Gasteiger partial charge in [0.05, 0.1) is 5.75 Å². The van der Waals surface area contributed by atoms with Crippen LogP contribution in [0.15, 0.2) is 42.5 Å². The van der Waals surface area contributed by atoms with Gasteiger partial charge in [-0.25, -0.2) is 21.5 Å². The third-order valence-corrected chi connectivity index (χ3v) is 6.71. The highest BCUT2D eigenvalue weighted by molar-refractivity contribution is 7.88. The number of anilines is 1. The molecule has 2 aromatic rings. The van der Waals surface area contributed by atoms with Crippen LogP contribution < -0.4 is 5.32 Å². The van der Waals surface area contributed by atoms with E-state index in [2.05, 4.69) is 5.32 Å². The largest absolute Gasteiger partial charge is 0.321 e. The molecule has 0 unspecified atom stereocenters. The number of benzene rings is 2. The minimum Gasteiger partial charge on any atom is -0.321 e. The van der Waals surface area contributed by atoms with Crippen LogP contribution in [0.1, 0.15) is 24.0 Å². The number of para-hydroxylation sites is 1. The van der Waals surface area contributed by atoms with E-state index in [1.165, 1.54) is 10.4 Å². The number of amides is 1. The van der Waals surface area contributed by atoms with Gasteiger partial charge >= 0.3 is 0 Å². The van der Waals surface area contributed by atoms with Crippen molar-refractivity contribution in [3.63, 3.8) is 0 Å². The highest BCUT2D eigenvalue weighted by atomic mass is 32.2. The summed E-state index contributed by atoms with van der Waals surface area (Å²) in [5, 5.41) is 2.29. The molecule has 2 aromatic carbocycles. The topological polar surface area (TPSA) is 66.5 Å². The molecule has 0 radical (unpaired) electrons. The summed E-state index contributed by atoms with van der Waals surface area (Å²) < 4.78 is 54.1. The van der Waals surface area contributed by atoms with Crippen molar-refractivity contribution in [2.24, 2.45) is 5.92 Å². The molecule has 1 aliphatic rings. The molecule has 0 saturated carbocycles. The van der Waals surface area contributed by atoms with E-state index in [9.17, 15) is 22.0 Å². The first-order valence-electron chi connectivity index (χ1n) is 9.04. The lowest BCUT2D eigenvalue weighted by atomic mass is 9.97. The number of hydrogen-bond acceptors (Lipinski definition) is 3. The van der Waals surface area contributed by atoms with Crippen molar-refractivity contribution in [3.8, 4) is 0 Å². The highest BCUT2D eigenvalue weighted by Gasteiger charge is 2.31. The fraction of sp³-hybridized carbons (Fsp3) is 0.350. The lowest BCUT2D eigenvalue weighted by Gasteiger charge is -2.30. The van der Waals surface area contributed by atoms with E-state index in [4.69, 9.17) is 0 Å². The fourth-order valence-corrected chi connectivity index (χ4v) is 4.89. The Morgan fingerprint density at radius 3 is 2.32 bits per heavy atom. The summed E-state index contributed by atoms with van der Waals surface area (Å²) in [5.41, 5.74) is 1.24.